The van der Waals surface area contributed by atoms with E-state index in [1.807, 2.05) is 68.7 Å². The molecule has 2 aromatic carbocycles. The third-order valence-electron chi connectivity index (χ3n) is 5.43. The minimum atomic E-state index is -0.406. The van der Waals surface area contributed by atoms with Gasteiger partial charge in [0, 0.05) is 23.5 Å². The van der Waals surface area contributed by atoms with E-state index < -0.39 is 4.92 Å². The number of nitro benzene ring substituents is 1. The molecule has 1 aromatic heterocycles. The van der Waals surface area contributed by atoms with Gasteiger partial charge in [-0.3, -0.25) is 14.9 Å². The van der Waals surface area contributed by atoms with Gasteiger partial charge in [0.15, 0.2) is 5.17 Å². The number of hydrogen-bond acceptors (Lipinski definition) is 5. The van der Waals surface area contributed by atoms with Gasteiger partial charge < -0.3 is 9.88 Å². The van der Waals surface area contributed by atoms with E-state index in [4.69, 9.17) is 0 Å². The number of thioether (sulfide) groups is 1. The minimum absolute atomic E-state index is 0.0350. The summed E-state index contributed by atoms with van der Waals surface area (Å²) in [5.41, 5.74) is 6.56. The number of carbonyl (C=O) groups excluding carboxylic acids is 1. The second-order valence-corrected chi connectivity index (χ2v) is 8.72. The molecule has 7 nitrogen and oxygen atoms in total. The number of aromatic nitrogens is 1. The normalized spacial score (nSPS) is 16.1. The smallest absolute Gasteiger partial charge is 0.271 e. The molecule has 1 fully saturated rings. The molecule has 4 rings (SSSR count). The van der Waals surface area contributed by atoms with E-state index in [9.17, 15) is 14.9 Å². The van der Waals surface area contributed by atoms with Crippen molar-refractivity contribution in [2.75, 3.05) is 0 Å². The van der Waals surface area contributed by atoms with E-state index in [-0.39, 0.29) is 11.6 Å². The number of amides is 1. The Hall–Kier alpha value is -3.65. The highest BCUT2D eigenvalue weighted by molar-refractivity contribution is 8.18. The topological polar surface area (TPSA) is 89.5 Å². The first-order valence-corrected chi connectivity index (χ1v) is 10.8. The molecule has 1 saturated heterocycles. The molecule has 0 radical (unpaired) electrons. The summed E-state index contributed by atoms with van der Waals surface area (Å²) in [6.07, 6.45) is 1.83. The van der Waals surface area contributed by atoms with E-state index in [2.05, 4.69) is 10.3 Å². The van der Waals surface area contributed by atoms with Crippen LogP contribution in [-0.4, -0.2) is 20.6 Å². The van der Waals surface area contributed by atoms with Crippen LogP contribution < -0.4 is 5.32 Å². The summed E-state index contributed by atoms with van der Waals surface area (Å²) in [7, 11) is 0. The molecule has 1 N–H and O–H groups in total. The lowest BCUT2D eigenvalue weighted by molar-refractivity contribution is -0.384. The zero-order valence-corrected chi connectivity index (χ0v) is 19.0. The van der Waals surface area contributed by atoms with Crippen LogP contribution in [0.5, 0.6) is 0 Å². The number of rotatable bonds is 4. The van der Waals surface area contributed by atoms with Crippen molar-refractivity contribution in [3.8, 4) is 5.69 Å². The Labute approximate surface area is 190 Å². The van der Waals surface area contributed by atoms with Gasteiger partial charge in [0.05, 0.1) is 21.2 Å². The van der Waals surface area contributed by atoms with Crippen molar-refractivity contribution in [1.82, 2.24) is 9.88 Å². The second kappa shape index (κ2) is 8.47. The average molecular weight is 447 g/mol. The molecule has 0 atom stereocenters. The third-order valence-corrected chi connectivity index (χ3v) is 6.34. The standard InChI is InChI=1S/C24H22N4O3S/c1-14-8-9-19(10-15(14)2)25-24-26-23(29)22(32-24)12-18-11-16(3)27(17(18)4)20-6-5-7-21(13-20)28(30)31/h5-13H,1-4H3,(H,25,26,29)/b22-12+. The highest BCUT2D eigenvalue weighted by atomic mass is 32.2. The molecule has 0 unspecified atom stereocenters. The number of aryl methyl sites for hydroxylation is 3. The molecule has 2 heterocycles. The van der Waals surface area contributed by atoms with Gasteiger partial charge in [0.25, 0.3) is 11.6 Å². The first-order valence-electron chi connectivity index (χ1n) is 10.0. The Morgan fingerprint density at radius 1 is 1.06 bits per heavy atom. The Morgan fingerprint density at radius 2 is 1.84 bits per heavy atom. The summed E-state index contributed by atoms with van der Waals surface area (Å²) in [4.78, 5) is 28.4. The first-order chi connectivity index (χ1) is 15.2. The minimum Gasteiger partial charge on any atom is -0.318 e. The van der Waals surface area contributed by atoms with Crippen molar-refractivity contribution in [2.45, 2.75) is 27.7 Å². The van der Waals surface area contributed by atoms with Crippen molar-refractivity contribution >= 4 is 40.3 Å². The van der Waals surface area contributed by atoms with Crippen LogP contribution in [0.3, 0.4) is 0 Å². The maximum atomic E-state index is 12.5. The first kappa shape index (κ1) is 21.6. The highest BCUT2D eigenvalue weighted by Crippen LogP contribution is 2.31. The molecule has 162 valence electrons. The predicted octanol–water partition coefficient (Wildman–Crippen LogP) is 5.51. The molecule has 0 bridgehead atoms. The summed E-state index contributed by atoms with van der Waals surface area (Å²) in [5, 5.41) is 14.5. The number of aliphatic imine (C=N–C) groups is 1. The van der Waals surface area contributed by atoms with Crippen LogP contribution in [0.15, 0.2) is 58.4 Å². The maximum absolute atomic E-state index is 12.5. The van der Waals surface area contributed by atoms with Gasteiger partial charge in [0.1, 0.15) is 0 Å². The van der Waals surface area contributed by atoms with E-state index in [0.29, 0.717) is 15.8 Å². The summed E-state index contributed by atoms with van der Waals surface area (Å²) in [6.45, 7) is 7.94. The second-order valence-electron chi connectivity index (χ2n) is 7.69. The zero-order chi connectivity index (χ0) is 23.0. The van der Waals surface area contributed by atoms with Crippen LogP contribution in [0.2, 0.25) is 0 Å². The Kier molecular flexibility index (Phi) is 5.71. The van der Waals surface area contributed by atoms with Crippen LogP contribution in [0.4, 0.5) is 11.4 Å². The van der Waals surface area contributed by atoms with E-state index in [0.717, 1.165) is 28.2 Å². The Bertz CT molecular complexity index is 1320. The maximum Gasteiger partial charge on any atom is 0.271 e. The van der Waals surface area contributed by atoms with Gasteiger partial charge in [0.2, 0.25) is 0 Å². The van der Waals surface area contributed by atoms with Gasteiger partial charge in [-0.1, -0.05) is 12.1 Å². The molecule has 0 saturated carbocycles. The van der Waals surface area contributed by atoms with Crippen molar-refractivity contribution in [1.29, 1.82) is 0 Å². The average Bonchev–Trinajstić information content (AvgIpc) is 3.23. The molecular weight excluding hydrogens is 424 g/mol. The molecule has 8 heteroatoms. The van der Waals surface area contributed by atoms with Crippen molar-refractivity contribution < 1.29 is 9.72 Å². The van der Waals surface area contributed by atoms with Crippen LogP contribution in [-0.2, 0) is 4.79 Å². The monoisotopic (exact) mass is 446 g/mol. The molecule has 0 spiro atoms. The highest BCUT2D eigenvalue weighted by Gasteiger charge is 2.25. The number of hydrogen-bond donors (Lipinski definition) is 1. The largest absolute Gasteiger partial charge is 0.318 e. The number of benzene rings is 2. The lowest BCUT2D eigenvalue weighted by Gasteiger charge is -2.09. The molecule has 32 heavy (non-hydrogen) atoms. The van der Waals surface area contributed by atoms with E-state index in [1.54, 1.807) is 12.1 Å². The number of nitrogens with zero attached hydrogens (tertiary/aromatic N) is 3. The van der Waals surface area contributed by atoms with E-state index >= 15 is 0 Å². The lowest BCUT2D eigenvalue weighted by atomic mass is 10.1. The fourth-order valence-electron chi connectivity index (χ4n) is 3.61. The molecule has 1 amide bonds. The van der Waals surface area contributed by atoms with E-state index in [1.165, 1.54) is 23.4 Å². The number of nitrogens with one attached hydrogen (secondary N) is 1. The van der Waals surface area contributed by atoms with Gasteiger partial charge in [-0.15, -0.1) is 0 Å². The van der Waals surface area contributed by atoms with Gasteiger partial charge in [-0.25, -0.2) is 4.99 Å². The van der Waals surface area contributed by atoms with Gasteiger partial charge in [-0.2, -0.15) is 0 Å². The summed E-state index contributed by atoms with van der Waals surface area (Å²) in [5.74, 6) is -0.197. The summed E-state index contributed by atoms with van der Waals surface area (Å²) < 4.78 is 1.95. The van der Waals surface area contributed by atoms with Crippen molar-refractivity contribution in [2.24, 2.45) is 4.99 Å². The quantitative estimate of drug-likeness (QED) is 0.325. The predicted molar refractivity (Wildman–Crippen MR) is 129 cm³/mol. The summed E-state index contributed by atoms with van der Waals surface area (Å²) >= 11 is 1.30. The van der Waals surface area contributed by atoms with Gasteiger partial charge >= 0.3 is 0 Å². The zero-order valence-electron chi connectivity index (χ0n) is 18.2. The van der Waals surface area contributed by atoms with Crippen LogP contribution in [0, 0.1) is 37.8 Å². The molecule has 1 aliphatic rings. The molecule has 3 aromatic rings. The fraction of sp³-hybridized carbons (Fsp3) is 0.167. The van der Waals surface area contributed by atoms with Crippen molar-refractivity contribution in [3.63, 3.8) is 0 Å². The lowest BCUT2D eigenvalue weighted by Crippen LogP contribution is -2.19. The number of nitro groups is 1. The summed E-state index contributed by atoms with van der Waals surface area (Å²) in [6, 6.07) is 14.4. The SMILES string of the molecule is Cc1ccc(N=C2NC(=O)/C(=C\c3cc(C)n(-c4cccc([N+](=O)[O-])c4)c3C)S2)cc1C. The molecule has 1 aliphatic heterocycles. The number of non-ortho nitro benzene ring substituents is 1. The molecular formula is C24H22N4O3S. The fourth-order valence-corrected chi connectivity index (χ4v) is 4.44. The third kappa shape index (κ3) is 4.22. The number of amidine groups is 1. The van der Waals surface area contributed by atoms with Gasteiger partial charge in [-0.05, 0) is 86.5 Å². The van der Waals surface area contributed by atoms with Crippen molar-refractivity contribution in [3.05, 3.63) is 91.6 Å². The van der Waals surface area contributed by atoms with Crippen LogP contribution in [0.25, 0.3) is 11.8 Å². The number of carbonyl (C=O) groups is 1. The van der Waals surface area contributed by atoms with Crippen LogP contribution >= 0.6 is 11.8 Å². The Balaban J connectivity index is 1.65. The Morgan fingerprint density at radius 3 is 2.56 bits per heavy atom. The molecule has 0 aliphatic carbocycles. The van der Waals surface area contributed by atoms with Crippen LogP contribution in [0.1, 0.15) is 28.1 Å².